The molecule has 182 valence electrons. The number of ether oxygens (including phenoxy) is 4. The molecule has 1 aromatic carbocycles. The van der Waals surface area contributed by atoms with Crippen LogP contribution < -0.4 is 9.47 Å². The van der Waals surface area contributed by atoms with Gasteiger partial charge >= 0.3 is 17.9 Å². The summed E-state index contributed by atoms with van der Waals surface area (Å²) in [6.07, 6.45) is -1.37. The van der Waals surface area contributed by atoms with Crippen LogP contribution >= 0.6 is 0 Å². The first kappa shape index (κ1) is 26.2. The minimum Gasteiger partial charge on any atom is -0.497 e. The van der Waals surface area contributed by atoms with Gasteiger partial charge in [-0.25, -0.2) is 0 Å². The van der Waals surface area contributed by atoms with Gasteiger partial charge in [0, 0.05) is 25.8 Å². The van der Waals surface area contributed by atoms with Gasteiger partial charge in [0.1, 0.15) is 29.1 Å². The van der Waals surface area contributed by atoms with E-state index in [-0.39, 0.29) is 5.92 Å². The van der Waals surface area contributed by atoms with Gasteiger partial charge in [-0.1, -0.05) is 12.5 Å². The molecule has 1 N–H and O–H groups in total. The summed E-state index contributed by atoms with van der Waals surface area (Å²) < 4.78 is 22.1. The number of carbonyl (C=O) groups is 3. The fourth-order valence-corrected chi connectivity index (χ4v) is 4.67. The third-order valence-corrected chi connectivity index (χ3v) is 6.74. The molecule has 1 aliphatic carbocycles. The Morgan fingerprint density at radius 2 is 1.52 bits per heavy atom. The van der Waals surface area contributed by atoms with Crippen molar-refractivity contribution in [1.29, 1.82) is 0 Å². The number of carboxylic acid groups (broad SMARTS) is 1. The van der Waals surface area contributed by atoms with Crippen molar-refractivity contribution in [3.63, 3.8) is 0 Å². The van der Waals surface area contributed by atoms with Gasteiger partial charge in [-0.3, -0.25) is 14.4 Å². The van der Waals surface area contributed by atoms with Crippen molar-refractivity contribution < 1.29 is 38.4 Å². The zero-order valence-corrected chi connectivity index (χ0v) is 20.6. The van der Waals surface area contributed by atoms with Crippen molar-refractivity contribution in [2.45, 2.75) is 66.1 Å². The molecule has 2 rings (SSSR count). The molecular weight excluding hydrogens is 428 g/mol. The molecule has 0 heterocycles. The summed E-state index contributed by atoms with van der Waals surface area (Å²) in [6.45, 7) is 9.53. The Balaban J connectivity index is 2.62. The van der Waals surface area contributed by atoms with E-state index in [9.17, 15) is 19.5 Å². The molecule has 0 fully saturated rings. The second-order valence-corrected chi connectivity index (χ2v) is 8.82. The summed E-state index contributed by atoms with van der Waals surface area (Å²) in [5.74, 6) is -1.66. The Morgan fingerprint density at radius 1 is 1.00 bits per heavy atom. The third-order valence-electron chi connectivity index (χ3n) is 6.74. The molecule has 0 saturated carbocycles. The maximum Gasteiger partial charge on any atom is 0.317 e. The van der Waals surface area contributed by atoms with E-state index in [0.29, 0.717) is 29.1 Å². The molecule has 8 heteroatoms. The number of methoxy groups -OCH3 is 2. The second kappa shape index (κ2) is 10.3. The smallest absolute Gasteiger partial charge is 0.317 e. The van der Waals surface area contributed by atoms with Gasteiger partial charge in [-0.05, 0) is 56.4 Å². The Bertz CT molecular complexity index is 927. The molecule has 33 heavy (non-hydrogen) atoms. The summed E-state index contributed by atoms with van der Waals surface area (Å²) >= 11 is 0. The summed E-state index contributed by atoms with van der Waals surface area (Å²) in [5, 5.41) is 10.2. The van der Waals surface area contributed by atoms with E-state index in [4.69, 9.17) is 18.9 Å². The van der Waals surface area contributed by atoms with E-state index < -0.39 is 41.4 Å². The molecule has 5 unspecified atom stereocenters. The Kier molecular flexibility index (Phi) is 8.16. The van der Waals surface area contributed by atoms with Crippen LogP contribution in [0.2, 0.25) is 0 Å². The number of esters is 2. The fourth-order valence-electron chi connectivity index (χ4n) is 4.67. The molecular formula is C25H34O8. The van der Waals surface area contributed by atoms with Gasteiger partial charge in [0.25, 0.3) is 0 Å². The monoisotopic (exact) mass is 462 g/mol. The molecule has 5 atom stereocenters. The van der Waals surface area contributed by atoms with Crippen molar-refractivity contribution in [3.8, 4) is 11.5 Å². The maximum atomic E-state index is 12.5. The molecule has 0 aliphatic heterocycles. The third kappa shape index (κ3) is 5.31. The first-order chi connectivity index (χ1) is 15.4. The van der Waals surface area contributed by atoms with E-state index in [1.54, 1.807) is 41.1 Å². The summed E-state index contributed by atoms with van der Waals surface area (Å²) in [5.41, 5.74) is 0.594. The van der Waals surface area contributed by atoms with Gasteiger partial charge in [0.2, 0.25) is 0 Å². The highest BCUT2D eigenvalue weighted by atomic mass is 16.6. The van der Waals surface area contributed by atoms with Crippen molar-refractivity contribution >= 4 is 17.9 Å². The van der Waals surface area contributed by atoms with Crippen molar-refractivity contribution in [3.05, 3.63) is 34.9 Å². The highest BCUT2D eigenvalue weighted by molar-refractivity contribution is 5.81. The normalized spacial score (nSPS) is 25.8. The highest BCUT2D eigenvalue weighted by Gasteiger charge is 2.56. The maximum absolute atomic E-state index is 12.5. The lowest BCUT2D eigenvalue weighted by Gasteiger charge is -2.47. The average molecular weight is 463 g/mol. The van der Waals surface area contributed by atoms with Gasteiger partial charge < -0.3 is 24.1 Å². The van der Waals surface area contributed by atoms with Gasteiger partial charge in [-0.2, -0.15) is 0 Å². The standard InChI is InChI=1S/C25H34O8/c1-13(18-10-19(30-7)12-20(11-18)31-8)9-21-22(32-16(4)26)14(2)15(3)25(6,24(28)29)23(21)33-17(5)27/h10-13,21-23H,9H2,1-8H3,(H,28,29). The molecule has 1 aromatic rings. The molecule has 0 aromatic heterocycles. The van der Waals surface area contributed by atoms with Gasteiger partial charge in [-0.15, -0.1) is 0 Å². The van der Waals surface area contributed by atoms with Gasteiger partial charge in [0.05, 0.1) is 14.2 Å². The second-order valence-electron chi connectivity index (χ2n) is 8.82. The predicted molar refractivity (Wildman–Crippen MR) is 121 cm³/mol. The van der Waals surface area contributed by atoms with Crippen LogP contribution in [0.25, 0.3) is 0 Å². The van der Waals surface area contributed by atoms with E-state index in [1.165, 1.54) is 13.8 Å². The van der Waals surface area contributed by atoms with Crippen LogP contribution in [0.3, 0.4) is 0 Å². The Hall–Kier alpha value is -3.03. The topological polar surface area (TPSA) is 108 Å². The Morgan fingerprint density at radius 3 is 1.94 bits per heavy atom. The fraction of sp³-hybridized carbons (Fsp3) is 0.560. The predicted octanol–water partition coefficient (Wildman–Crippen LogP) is 4.12. The zero-order valence-electron chi connectivity index (χ0n) is 20.6. The van der Waals surface area contributed by atoms with Gasteiger partial charge in [0.15, 0.2) is 0 Å². The quantitative estimate of drug-likeness (QED) is 0.454. The zero-order chi connectivity index (χ0) is 25.1. The van der Waals surface area contributed by atoms with E-state index >= 15 is 0 Å². The average Bonchev–Trinajstić information content (AvgIpc) is 2.76. The van der Waals surface area contributed by atoms with Crippen LogP contribution in [0, 0.1) is 11.3 Å². The molecule has 0 spiro atoms. The SMILES string of the molecule is COc1cc(OC)cc(C(C)CC2C(OC(C)=O)C(C)=C(C)C(C)(C(=O)O)C2OC(C)=O)c1. The number of carboxylic acids is 1. The molecule has 1 aliphatic rings. The number of hydrogen-bond acceptors (Lipinski definition) is 7. The lowest BCUT2D eigenvalue weighted by Crippen LogP contribution is -2.55. The van der Waals surface area contributed by atoms with Crippen LogP contribution in [-0.2, 0) is 23.9 Å². The lowest BCUT2D eigenvalue weighted by atomic mass is 9.62. The lowest BCUT2D eigenvalue weighted by molar-refractivity contribution is -0.177. The molecule has 0 amide bonds. The van der Waals surface area contributed by atoms with E-state index in [2.05, 4.69) is 0 Å². The minimum absolute atomic E-state index is 0.126. The number of rotatable bonds is 8. The molecule has 0 saturated heterocycles. The van der Waals surface area contributed by atoms with Crippen LogP contribution in [0.1, 0.15) is 59.4 Å². The van der Waals surface area contributed by atoms with Crippen molar-refractivity contribution in [1.82, 2.24) is 0 Å². The van der Waals surface area contributed by atoms with E-state index in [1.807, 2.05) is 19.1 Å². The summed E-state index contributed by atoms with van der Waals surface area (Å²) in [6, 6.07) is 5.52. The van der Waals surface area contributed by atoms with Crippen LogP contribution in [0.5, 0.6) is 11.5 Å². The summed E-state index contributed by atoms with van der Waals surface area (Å²) in [7, 11) is 3.13. The minimum atomic E-state index is -1.47. The van der Waals surface area contributed by atoms with Crippen LogP contribution in [-0.4, -0.2) is 49.4 Å². The molecule has 0 radical (unpaired) electrons. The van der Waals surface area contributed by atoms with Crippen molar-refractivity contribution in [2.75, 3.05) is 14.2 Å². The molecule has 0 bridgehead atoms. The largest absolute Gasteiger partial charge is 0.497 e. The first-order valence-corrected chi connectivity index (χ1v) is 10.8. The number of hydrogen-bond donors (Lipinski definition) is 1. The highest BCUT2D eigenvalue weighted by Crippen LogP contribution is 2.49. The Labute approximate surface area is 194 Å². The number of aliphatic carboxylic acids is 1. The number of benzene rings is 1. The molecule has 8 nitrogen and oxygen atoms in total. The number of carbonyl (C=O) groups excluding carboxylic acids is 2. The van der Waals surface area contributed by atoms with Crippen LogP contribution in [0.15, 0.2) is 29.3 Å². The first-order valence-electron chi connectivity index (χ1n) is 10.8. The van der Waals surface area contributed by atoms with Crippen LogP contribution in [0.4, 0.5) is 0 Å². The van der Waals surface area contributed by atoms with Crippen molar-refractivity contribution in [2.24, 2.45) is 11.3 Å². The summed E-state index contributed by atoms with van der Waals surface area (Å²) in [4.78, 5) is 36.4. The van der Waals surface area contributed by atoms with E-state index in [0.717, 1.165) is 5.56 Å².